The SMILES string of the molecule is CC(C)S(=O)(=O)N1CCC(c2cc3nc(C(C)(C)C)cc(C(F)(F)F)n3n2)CC1. The molecule has 10 heteroatoms. The van der Waals surface area contributed by atoms with Gasteiger partial charge in [-0.05, 0) is 32.8 Å². The number of sulfonamides is 1. The largest absolute Gasteiger partial charge is 0.433 e. The van der Waals surface area contributed by atoms with E-state index in [4.69, 9.17) is 0 Å². The Morgan fingerprint density at radius 3 is 2.17 bits per heavy atom. The lowest BCUT2D eigenvalue weighted by atomic mass is 9.91. The summed E-state index contributed by atoms with van der Waals surface area (Å²) in [6, 6.07) is 2.66. The summed E-state index contributed by atoms with van der Waals surface area (Å²) in [6.07, 6.45) is -3.52. The molecular formula is C19H27F3N4O2S. The molecule has 0 saturated carbocycles. The van der Waals surface area contributed by atoms with E-state index in [-0.39, 0.29) is 11.6 Å². The Morgan fingerprint density at radius 1 is 1.10 bits per heavy atom. The number of aromatic nitrogens is 3. The van der Waals surface area contributed by atoms with E-state index >= 15 is 0 Å². The third-order valence-electron chi connectivity index (χ3n) is 5.33. The Balaban J connectivity index is 1.95. The lowest BCUT2D eigenvalue weighted by Gasteiger charge is -2.31. The van der Waals surface area contributed by atoms with E-state index in [1.807, 2.05) is 20.8 Å². The maximum Gasteiger partial charge on any atom is 0.433 e. The first-order chi connectivity index (χ1) is 13.2. The molecule has 1 aliphatic rings. The van der Waals surface area contributed by atoms with Crippen molar-refractivity contribution in [3.8, 4) is 0 Å². The van der Waals surface area contributed by atoms with Gasteiger partial charge in [-0.15, -0.1) is 0 Å². The van der Waals surface area contributed by atoms with Gasteiger partial charge in [0.1, 0.15) is 5.69 Å². The molecule has 2 aromatic rings. The van der Waals surface area contributed by atoms with Crippen molar-refractivity contribution in [2.24, 2.45) is 0 Å². The average Bonchev–Trinajstić information content (AvgIpc) is 3.03. The lowest BCUT2D eigenvalue weighted by Crippen LogP contribution is -2.41. The minimum absolute atomic E-state index is 0.102. The van der Waals surface area contributed by atoms with Crippen LogP contribution in [0.5, 0.6) is 0 Å². The van der Waals surface area contributed by atoms with Crippen LogP contribution in [0.1, 0.15) is 70.5 Å². The predicted molar refractivity (Wildman–Crippen MR) is 104 cm³/mol. The first-order valence-corrected chi connectivity index (χ1v) is 11.2. The van der Waals surface area contributed by atoms with Crippen LogP contribution in [0.2, 0.25) is 0 Å². The summed E-state index contributed by atoms with van der Waals surface area (Å²) in [6.45, 7) is 9.40. The van der Waals surface area contributed by atoms with Gasteiger partial charge in [0, 0.05) is 30.5 Å². The molecule has 0 unspecified atom stereocenters. The molecule has 1 aliphatic heterocycles. The van der Waals surface area contributed by atoms with E-state index in [2.05, 4.69) is 10.1 Å². The molecule has 3 rings (SSSR count). The third kappa shape index (κ3) is 4.28. The Bertz CT molecular complexity index is 999. The van der Waals surface area contributed by atoms with Gasteiger partial charge >= 0.3 is 6.18 Å². The van der Waals surface area contributed by atoms with Crippen LogP contribution in [-0.4, -0.2) is 45.7 Å². The highest BCUT2D eigenvalue weighted by atomic mass is 32.2. The van der Waals surface area contributed by atoms with Crippen molar-refractivity contribution in [3.05, 3.63) is 29.2 Å². The van der Waals surface area contributed by atoms with Crippen LogP contribution in [0, 0.1) is 0 Å². The lowest BCUT2D eigenvalue weighted by molar-refractivity contribution is -0.142. The summed E-state index contributed by atoms with van der Waals surface area (Å²) < 4.78 is 67.9. The van der Waals surface area contributed by atoms with Gasteiger partial charge in [0.05, 0.1) is 16.6 Å². The molecule has 0 aliphatic carbocycles. The second-order valence-electron chi connectivity index (χ2n) is 8.88. The molecule has 0 bridgehead atoms. The Labute approximate surface area is 169 Å². The van der Waals surface area contributed by atoms with E-state index in [0.717, 1.165) is 10.6 Å². The maximum absolute atomic E-state index is 13.6. The van der Waals surface area contributed by atoms with Gasteiger partial charge in [0.25, 0.3) is 0 Å². The smallest absolute Gasteiger partial charge is 0.233 e. The fraction of sp³-hybridized carbons (Fsp3) is 0.684. The fourth-order valence-electron chi connectivity index (χ4n) is 3.48. The normalized spacial score (nSPS) is 18.1. The number of alkyl halides is 3. The van der Waals surface area contributed by atoms with Crippen LogP contribution in [0.25, 0.3) is 5.65 Å². The minimum atomic E-state index is -4.56. The first kappa shape index (κ1) is 22.0. The number of fused-ring (bicyclic) bond motifs is 1. The molecule has 0 spiro atoms. The summed E-state index contributed by atoms with van der Waals surface area (Å²) >= 11 is 0. The molecule has 1 saturated heterocycles. The minimum Gasteiger partial charge on any atom is -0.233 e. The molecule has 2 aromatic heterocycles. The van der Waals surface area contributed by atoms with Crippen molar-refractivity contribution >= 4 is 15.7 Å². The highest BCUT2D eigenvalue weighted by Crippen LogP contribution is 2.35. The highest BCUT2D eigenvalue weighted by molar-refractivity contribution is 7.89. The molecule has 0 radical (unpaired) electrons. The molecule has 6 nitrogen and oxygen atoms in total. The van der Waals surface area contributed by atoms with Gasteiger partial charge in [-0.3, -0.25) is 0 Å². The number of hydrogen-bond donors (Lipinski definition) is 0. The van der Waals surface area contributed by atoms with Gasteiger partial charge in [-0.1, -0.05) is 20.8 Å². The van der Waals surface area contributed by atoms with Crippen molar-refractivity contribution in [1.29, 1.82) is 0 Å². The van der Waals surface area contributed by atoms with Crippen molar-refractivity contribution in [2.45, 2.75) is 70.2 Å². The topological polar surface area (TPSA) is 67.6 Å². The zero-order valence-corrected chi connectivity index (χ0v) is 18.1. The highest BCUT2D eigenvalue weighted by Gasteiger charge is 2.37. The quantitative estimate of drug-likeness (QED) is 0.736. The molecule has 29 heavy (non-hydrogen) atoms. The van der Waals surface area contributed by atoms with Crippen molar-refractivity contribution in [3.63, 3.8) is 0 Å². The molecule has 0 N–H and O–H groups in total. The third-order valence-corrected chi connectivity index (χ3v) is 7.61. The summed E-state index contributed by atoms with van der Waals surface area (Å²) in [5.41, 5.74) is -0.351. The molecule has 0 amide bonds. The molecule has 0 aromatic carbocycles. The maximum atomic E-state index is 13.6. The number of halogens is 3. The number of piperidine rings is 1. The summed E-state index contributed by atoms with van der Waals surface area (Å²) in [7, 11) is -3.33. The van der Waals surface area contributed by atoms with E-state index in [0.29, 0.717) is 37.3 Å². The second-order valence-corrected chi connectivity index (χ2v) is 11.4. The summed E-state index contributed by atoms with van der Waals surface area (Å²) in [5, 5.41) is 3.72. The van der Waals surface area contributed by atoms with Gasteiger partial charge in [0.15, 0.2) is 5.65 Å². The second kappa shape index (κ2) is 7.23. The average molecular weight is 433 g/mol. The first-order valence-electron chi connectivity index (χ1n) is 9.68. The Hall–Kier alpha value is -1.68. The van der Waals surface area contributed by atoms with Crippen LogP contribution in [0.15, 0.2) is 12.1 Å². The predicted octanol–water partition coefficient (Wildman–Crippen LogP) is 3.96. The fourth-order valence-corrected chi connectivity index (χ4v) is 4.80. The van der Waals surface area contributed by atoms with E-state index in [1.165, 1.54) is 4.31 Å². The number of nitrogens with zero attached hydrogens (tertiary/aromatic N) is 4. The summed E-state index contributed by atoms with van der Waals surface area (Å²) in [4.78, 5) is 4.41. The molecule has 1 fully saturated rings. The zero-order valence-electron chi connectivity index (χ0n) is 17.3. The van der Waals surface area contributed by atoms with E-state index in [1.54, 1.807) is 19.9 Å². The number of hydrogen-bond acceptors (Lipinski definition) is 4. The van der Waals surface area contributed by atoms with Crippen LogP contribution in [0.4, 0.5) is 13.2 Å². The van der Waals surface area contributed by atoms with Gasteiger partial charge < -0.3 is 0 Å². The van der Waals surface area contributed by atoms with Crippen molar-refractivity contribution in [2.75, 3.05) is 13.1 Å². The molecule has 162 valence electrons. The molecule has 3 heterocycles. The van der Waals surface area contributed by atoms with Crippen LogP contribution >= 0.6 is 0 Å². The zero-order chi connectivity index (χ0) is 21.8. The number of rotatable bonds is 3. The Kier molecular flexibility index (Phi) is 5.49. The van der Waals surface area contributed by atoms with Crippen molar-refractivity contribution in [1.82, 2.24) is 18.9 Å². The van der Waals surface area contributed by atoms with E-state index in [9.17, 15) is 21.6 Å². The Morgan fingerprint density at radius 2 is 1.69 bits per heavy atom. The van der Waals surface area contributed by atoms with Crippen LogP contribution < -0.4 is 0 Å². The van der Waals surface area contributed by atoms with Gasteiger partial charge in [0.2, 0.25) is 10.0 Å². The molecular weight excluding hydrogens is 405 g/mol. The monoisotopic (exact) mass is 432 g/mol. The van der Waals surface area contributed by atoms with Crippen molar-refractivity contribution < 1.29 is 21.6 Å². The van der Waals surface area contributed by atoms with Gasteiger partial charge in [-0.25, -0.2) is 22.2 Å². The molecule has 0 atom stereocenters. The standard InChI is InChI=1S/C19H27F3N4O2S/c1-12(2)29(27,28)25-8-6-13(7-9-25)14-10-17-23-15(18(3,4)5)11-16(19(20,21)22)26(17)24-14/h10-13H,6-9H2,1-5H3. The van der Waals surface area contributed by atoms with Crippen LogP contribution in [0.3, 0.4) is 0 Å². The van der Waals surface area contributed by atoms with Crippen LogP contribution in [-0.2, 0) is 21.6 Å². The van der Waals surface area contributed by atoms with E-state index < -0.39 is 32.6 Å². The summed E-state index contributed by atoms with van der Waals surface area (Å²) in [5.74, 6) is -0.102. The van der Waals surface area contributed by atoms with Gasteiger partial charge in [-0.2, -0.15) is 18.3 Å².